The lowest BCUT2D eigenvalue weighted by atomic mass is 10.2. The topological polar surface area (TPSA) is 75.4 Å². The molecule has 122 valence electrons. The minimum atomic E-state index is -0.0969. The van der Waals surface area contributed by atoms with Gasteiger partial charge < -0.3 is 14.3 Å². The van der Waals surface area contributed by atoms with Crippen molar-refractivity contribution in [2.45, 2.75) is 0 Å². The lowest BCUT2D eigenvalue weighted by molar-refractivity contribution is 0.0736. The zero-order valence-corrected chi connectivity index (χ0v) is 13.6. The first-order valence-electron chi connectivity index (χ1n) is 7.62. The van der Waals surface area contributed by atoms with Gasteiger partial charge in [0.05, 0.1) is 11.1 Å². The summed E-state index contributed by atoms with van der Waals surface area (Å²) >= 11 is 1.56. The van der Waals surface area contributed by atoms with Gasteiger partial charge in [0, 0.05) is 44.6 Å². The first-order valence-corrected chi connectivity index (χ1v) is 8.50. The Labute approximate surface area is 142 Å². The highest BCUT2D eigenvalue weighted by Gasteiger charge is 2.25. The predicted octanol–water partition coefficient (Wildman–Crippen LogP) is 2.16. The molecule has 7 nitrogen and oxygen atoms in total. The van der Waals surface area contributed by atoms with E-state index in [0.29, 0.717) is 24.5 Å². The van der Waals surface area contributed by atoms with Crippen molar-refractivity contribution in [3.05, 3.63) is 47.9 Å². The molecule has 4 heterocycles. The van der Waals surface area contributed by atoms with Crippen LogP contribution in [0.3, 0.4) is 0 Å². The number of hydrogen-bond donors (Lipinski definition) is 0. The molecule has 1 saturated heterocycles. The van der Waals surface area contributed by atoms with Gasteiger partial charge in [-0.25, -0.2) is 4.98 Å². The summed E-state index contributed by atoms with van der Waals surface area (Å²) < 4.78 is 5.30. The standard InChI is InChI=1S/C16H15N5O2S/c22-16(12-10-13(23-19-12)14-2-1-9-24-14)21-7-5-20(6-8-21)15-11-17-3-4-18-15/h1-4,9-11H,5-8H2. The van der Waals surface area contributed by atoms with E-state index in [-0.39, 0.29) is 5.91 Å². The third-order valence-corrected chi connectivity index (χ3v) is 4.82. The van der Waals surface area contributed by atoms with Crippen LogP contribution in [0, 0.1) is 0 Å². The van der Waals surface area contributed by atoms with Crippen LogP contribution in [0.15, 0.2) is 46.7 Å². The number of piperazine rings is 1. The summed E-state index contributed by atoms with van der Waals surface area (Å²) in [6.45, 7) is 2.69. The second kappa shape index (κ2) is 6.40. The van der Waals surface area contributed by atoms with E-state index in [1.54, 1.807) is 40.9 Å². The van der Waals surface area contributed by atoms with Crippen molar-refractivity contribution >= 4 is 23.1 Å². The number of thiophene rings is 1. The second-order valence-corrected chi connectivity index (χ2v) is 6.34. The Morgan fingerprint density at radius 2 is 2.08 bits per heavy atom. The predicted molar refractivity (Wildman–Crippen MR) is 90.0 cm³/mol. The van der Waals surface area contributed by atoms with Crippen molar-refractivity contribution in [1.29, 1.82) is 0 Å². The number of rotatable bonds is 3. The molecule has 1 fully saturated rings. The largest absolute Gasteiger partial charge is 0.355 e. The fraction of sp³-hybridized carbons (Fsp3) is 0.250. The minimum Gasteiger partial charge on any atom is -0.355 e. The van der Waals surface area contributed by atoms with E-state index in [9.17, 15) is 4.79 Å². The van der Waals surface area contributed by atoms with E-state index in [0.717, 1.165) is 23.8 Å². The molecule has 0 spiro atoms. The molecule has 0 bridgehead atoms. The second-order valence-electron chi connectivity index (χ2n) is 5.40. The first-order chi connectivity index (χ1) is 11.8. The van der Waals surface area contributed by atoms with Crippen molar-refractivity contribution < 1.29 is 9.32 Å². The Bertz CT molecular complexity index is 810. The van der Waals surface area contributed by atoms with Crippen LogP contribution in [0.25, 0.3) is 10.6 Å². The zero-order chi connectivity index (χ0) is 16.4. The highest BCUT2D eigenvalue weighted by Crippen LogP contribution is 2.25. The number of amides is 1. The summed E-state index contributed by atoms with van der Waals surface area (Å²) in [4.78, 5) is 25.8. The number of nitrogens with zero attached hydrogens (tertiary/aromatic N) is 5. The summed E-state index contributed by atoms with van der Waals surface area (Å²) in [5.74, 6) is 1.37. The van der Waals surface area contributed by atoms with Crippen molar-refractivity contribution in [1.82, 2.24) is 20.0 Å². The van der Waals surface area contributed by atoms with Crippen LogP contribution in [0.4, 0.5) is 5.82 Å². The molecule has 0 aliphatic carbocycles. The number of aromatic nitrogens is 3. The third-order valence-electron chi connectivity index (χ3n) is 3.93. The van der Waals surface area contributed by atoms with E-state index in [4.69, 9.17) is 4.52 Å². The number of anilines is 1. The van der Waals surface area contributed by atoms with Crippen LogP contribution in [0.5, 0.6) is 0 Å². The van der Waals surface area contributed by atoms with Crippen LogP contribution >= 0.6 is 11.3 Å². The summed E-state index contributed by atoms with van der Waals surface area (Å²) in [5, 5.41) is 5.89. The molecule has 0 saturated carbocycles. The molecular formula is C16H15N5O2S. The Kier molecular flexibility index (Phi) is 3.96. The maximum Gasteiger partial charge on any atom is 0.276 e. The molecule has 1 amide bonds. The smallest absolute Gasteiger partial charge is 0.276 e. The average molecular weight is 341 g/mol. The van der Waals surface area contributed by atoms with Gasteiger partial charge >= 0.3 is 0 Å². The fourth-order valence-corrected chi connectivity index (χ4v) is 3.34. The Morgan fingerprint density at radius 1 is 1.21 bits per heavy atom. The van der Waals surface area contributed by atoms with E-state index >= 15 is 0 Å². The molecule has 3 aromatic heterocycles. The maximum absolute atomic E-state index is 12.6. The fourth-order valence-electron chi connectivity index (χ4n) is 2.67. The molecule has 4 rings (SSSR count). The van der Waals surface area contributed by atoms with E-state index in [1.165, 1.54) is 0 Å². The van der Waals surface area contributed by atoms with E-state index in [2.05, 4.69) is 20.0 Å². The number of hydrogen-bond acceptors (Lipinski definition) is 7. The molecule has 0 unspecified atom stereocenters. The van der Waals surface area contributed by atoms with Crippen LogP contribution in [-0.4, -0.2) is 52.1 Å². The normalized spacial score (nSPS) is 14.8. The highest BCUT2D eigenvalue weighted by molar-refractivity contribution is 7.13. The Balaban J connectivity index is 1.41. The zero-order valence-electron chi connectivity index (χ0n) is 12.8. The van der Waals surface area contributed by atoms with Gasteiger partial charge in [-0.3, -0.25) is 9.78 Å². The van der Waals surface area contributed by atoms with Gasteiger partial charge in [-0.2, -0.15) is 0 Å². The van der Waals surface area contributed by atoms with Gasteiger partial charge in [-0.05, 0) is 11.4 Å². The van der Waals surface area contributed by atoms with Gasteiger partial charge in [0.2, 0.25) is 0 Å². The molecular weight excluding hydrogens is 326 g/mol. The first kappa shape index (κ1) is 14.8. The molecule has 8 heteroatoms. The molecule has 1 aliphatic heterocycles. The highest BCUT2D eigenvalue weighted by atomic mass is 32.1. The van der Waals surface area contributed by atoms with Gasteiger partial charge in [0.15, 0.2) is 11.5 Å². The lowest BCUT2D eigenvalue weighted by Gasteiger charge is -2.34. The number of carbonyl (C=O) groups excluding carboxylic acids is 1. The molecule has 0 aromatic carbocycles. The monoisotopic (exact) mass is 341 g/mol. The Morgan fingerprint density at radius 3 is 2.79 bits per heavy atom. The Hall–Kier alpha value is -2.74. The summed E-state index contributed by atoms with van der Waals surface area (Å²) in [6, 6.07) is 5.60. The van der Waals surface area contributed by atoms with Crippen LogP contribution < -0.4 is 4.90 Å². The quantitative estimate of drug-likeness (QED) is 0.727. The van der Waals surface area contributed by atoms with Gasteiger partial charge in [-0.1, -0.05) is 11.2 Å². The average Bonchev–Trinajstić information content (AvgIpc) is 3.33. The van der Waals surface area contributed by atoms with Crippen molar-refractivity contribution in [3.8, 4) is 10.6 Å². The van der Waals surface area contributed by atoms with Crippen molar-refractivity contribution in [2.75, 3.05) is 31.1 Å². The molecule has 0 radical (unpaired) electrons. The van der Waals surface area contributed by atoms with Gasteiger partial charge in [0.1, 0.15) is 5.82 Å². The van der Waals surface area contributed by atoms with Crippen molar-refractivity contribution in [2.24, 2.45) is 0 Å². The number of carbonyl (C=O) groups is 1. The third kappa shape index (κ3) is 2.88. The van der Waals surface area contributed by atoms with Crippen LogP contribution in [-0.2, 0) is 0 Å². The summed E-state index contributed by atoms with van der Waals surface area (Å²) in [7, 11) is 0. The molecule has 3 aromatic rings. The van der Waals surface area contributed by atoms with Gasteiger partial charge in [-0.15, -0.1) is 11.3 Å². The molecule has 24 heavy (non-hydrogen) atoms. The SMILES string of the molecule is O=C(c1cc(-c2cccs2)on1)N1CCN(c2cnccn2)CC1. The molecule has 0 atom stereocenters. The molecule has 0 N–H and O–H groups in total. The van der Waals surface area contributed by atoms with Crippen LogP contribution in [0.2, 0.25) is 0 Å². The lowest BCUT2D eigenvalue weighted by Crippen LogP contribution is -2.49. The summed E-state index contributed by atoms with van der Waals surface area (Å²) in [6.07, 6.45) is 5.07. The summed E-state index contributed by atoms with van der Waals surface area (Å²) in [5.41, 5.74) is 0.353. The van der Waals surface area contributed by atoms with E-state index in [1.807, 2.05) is 17.5 Å². The van der Waals surface area contributed by atoms with Crippen molar-refractivity contribution in [3.63, 3.8) is 0 Å². The minimum absolute atomic E-state index is 0.0969. The maximum atomic E-state index is 12.6. The van der Waals surface area contributed by atoms with Crippen LogP contribution in [0.1, 0.15) is 10.5 Å². The van der Waals surface area contributed by atoms with E-state index < -0.39 is 0 Å². The van der Waals surface area contributed by atoms with Gasteiger partial charge in [0.25, 0.3) is 5.91 Å². The molecule has 1 aliphatic rings.